The quantitative estimate of drug-likeness (QED) is 0.336. The normalized spacial score (nSPS) is 11.8. The van der Waals surface area contributed by atoms with Gasteiger partial charge in [-0.05, 0) is 57.2 Å². The number of fused-ring (bicyclic) bond motifs is 2. The molecule has 0 aliphatic rings. The Bertz CT molecular complexity index is 1640. The zero-order valence-electron chi connectivity index (χ0n) is 20.4. The van der Waals surface area contributed by atoms with E-state index in [0.29, 0.717) is 23.9 Å². The fourth-order valence-corrected chi connectivity index (χ4v) is 5.55. The number of likely N-dealkylation sites (N-methyl/N-ethyl adjacent to an activating group) is 1. The van der Waals surface area contributed by atoms with Crippen LogP contribution in [-0.4, -0.2) is 46.3 Å². The second-order valence-corrected chi connectivity index (χ2v) is 10.1. The van der Waals surface area contributed by atoms with Gasteiger partial charge in [0.05, 0.1) is 6.61 Å². The molecule has 2 aromatic heterocycles. The van der Waals surface area contributed by atoms with E-state index in [1.807, 2.05) is 31.7 Å². The minimum Gasteiger partial charge on any atom is -0.422 e. The summed E-state index contributed by atoms with van der Waals surface area (Å²) < 4.78 is 37.5. The highest BCUT2D eigenvalue weighted by Crippen LogP contribution is 2.27. The smallest absolute Gasteiger partial charge is 0.355 e. The van der Waals surface area contributed by atoms with Crippen LogP contribution in [0.1, 0.15) is 20.8 Å². The molecule has 190 valence electrons. The van der Waals surface area contributed by atoms with E-state index in [0.717, 1.165) is 24.5 Å². The molecular weight excluding hydrogens is 484 g/mol. The summed E-state index contributed by atoms with van der Waals surface area (Å²) in [5.74, 6) is 0. The van der Waals surface area contributed by atoms with Crippen LogP contribution in [0.15, 0.2) is 76.7 Å². The molecule has 4 rings (SSSR count). The first kappa shape index (κ1) is 25.5. The van der Waals surface area contributed by atoms with Gasteiger partial charge in [0, 0.05) is 60.5 Å². The average molecular weight is 513 g/mol. The lowest BCUT2D eigenvalue weighted by atomic mass is 10.2. The summed E-state index contributed by atoms with van der Waals surface area (Å²) in [4.78, 5) is 28.2. The van der Waals surface area contributed by atoms with E-state index in [1.165, 1.54) is 12.1 Å². The fourth-order valence-electron chi connectivity index (χ4n) is 4.23. The van der Waals surface area contributed by atoms with Gasteiger partial charge in [-0.15, -0.1) is 0 Å². The average Bonchev–Trinajstić information content (AvgIpc) is 2.86. The van der Waals surface area contributed by atoms with Crippen molar-refractivity contribution in [2.45, 2.75) is 30.6 Å². The molecule has 2 heterocycles. The minimum absolute atomic E-state index is 0.0435. The van der Waals surface area contributed by atoms with Gasteiger partial charge >= 0.3 is 11.3 Å². The summed E-state index contributed by atoms with van der Waals surface area (Å²) in [5, 5.41) is 10.1. The molecule has 36 heavy (non-hydrogen) atoms. The fraction of sp³-hybridized carbons (Fsp3) is 0.308. The van der Waals surface area contributed by atoms with E-state index in [-0.39, 0.29) is 17.8 Å². The highest BCUT2D eigenvalue weighted by molar-refractivity contribution is 7.91. The summed E-state index contributed by atoms with van der Waals surface area (Å²) in [6.07, 6.45) is 0. The predicted octanol–water partition coefficient (Wildman–Crippen LogP) is 3.40. The van der Waals surface area contributed by atoms with Crippen molar-refractivity contribution < 1.29 is 22.4 Å². The van der Waals surface area contributed by atoms with Gasteiger partial charge in [-0.2, -0.15) is 0 Å². The number of rotatable bonds is 9. The predicted molar refractivity (Wildman–Crippen MR) is 139 cm³/mol. The summed E-state index contributed by atoms with van der Waals surface area (Å²) in [5.41, 5.74) is -0.122. The molecule has 0 atom stereocenters. The Balaban J connectivity index is 1.80. The molecule has 0 unspecified atom stereocenters. The van der Waals surface area contributed by atoms with Gasteiger partial charge in [0.2, 0.25) is 9.84 Å². The molecular formula is C26H28N2O7S. The van der Waals surface area contributed by atoms with Gasteiger partial charge in [0.1, 0.15) is 11.2 Å². The monoisotopic (exact) mass is 512 g/mol. The topological polar surface area (TPSA) is 121 Å². The SMILES string of the molecule is CCN(CC)c1ccc2cc(S(=O)(=O)c3cc4ccc(N(CC)CCO)cc4oc3=O)c(=O)oc2c1. The van der Waals surface area contributed by atoms with Crippen LogP contribution in [0.3, 0.4) is 0 Å². The summed E-state index contributed by atoms with van der Waals surface area (Å²) in [6, 6.07) is 12.6. The zero-order valence-corrected chi connectivity index (χ0v) is 21.2. The van der Waals surface area contributed by atoms with Crippen molar-refractivity contribution in [3.8, 4) is 0 Å². The maximum absolute atomic E-state index is 13.4. The van der Waals surface area contributed by atoms with Crippen molar-refractivity contribution >= 4 is 43.2 Å². The second-order valence-electron chi connectivity index (χ2n) is 8.22. The van der Waals surface area contributed by atoms with E-state index in [2.05, 4.69) is 4.90 Å². The number of anilines is 2. The molecule has 1 N–H and O–H groups in total. The van der Waals surface area contributed by atoms with Gasteiger partial charge in [0.25, 0.3) is 0 Å². The molecule has 0 saturated carbocycles. The third-order valence-electron chi connectivity index (χ3n) is 6.20. The third-order valence-corrected chi connectivity index (χ3v) is 7.93. The van der Waals surface area contributed by atoms with Gasteiger partial charge in [-0.1, -0.05) is 0 Å². The van der Waals surface area contributed by atoms with Gasteiger partial charge in [-0.3, -0.25) is 0 Å². The highest BCUT2D eigenvalue weighted by atomic mass is 32.2. The number of benzene rings is 2. The van der Waals surface area contributed by atoms with Crippen LogP contribution in [0, 0.1) is 0 Å². The summed E-state index contributed by atoms with van der Waals surface area (Å²) in [7, 11) is -4.53. The standard InChI is InChI=1S/C26H28N2O7S/c1-4-27(5-2)19-9-7-17-13-23(25(30)34-21(17)15-19)36(32,33)24-14-18-8-10-20(28(6-3)11-12-29)16-22(18)35-26(24)31/h7-10,13-16,29H,4-6,11-12H2,1-3H3. The number of nitrogens with zero attached hydrogens (tertiary/aromatic N) is 2. The van der Waals surface area contributed by atoms with E-state index in [9.17, 15) is 23.1 Å². The maximum Gasteiger partial charge on any atom is 0.355 e. The van der Waals surface area contributed by atoms with Crippen molar-refractivity contribution in [2.24, 2.45) is 0 Å². The molecule has 0 aliphatic carbocycles. The van der Waals surface area contributed by atoms with Gasteiger partial charge in [0.15, 0.2) is 9.79 Å². The van der Waals surface area contributed by atoms with E-state index in [4.69, 9.17) is 8.83 Å². The molecule has 4 aromatic rings. The van der Waals surface area contributed by atoms with Crippen LogP contribution in [0.5, 0.6) is 0 Å². The first-order valence-corrected chi connectivity index (χ1v) is 13.2. The largest absolute Gasteiger partial charge is 0.422 e. The van der Waals surface area contributed by atoms with Crippen molar-refractivity contribution in [3.63, 3.8) is 0 Å². The number of hydrogen-bond acceptors (Lipinski definition) is 9. The van der Waals surface area contributed by atoms with Crippen molar-refractivity contribution in [2.75, 3.05) is 42.6 Å². The Labute approximate surface area is 208 Å². The zero-order chi connectivity index (χ0) is 26.0. The van der Waals surface area contributed by atoms with Crippen molar-refractivity contribution in [1.29, 1.82) is 0 Å². The van der Waals surface area contributed by atoms with E-state index in [1.54, 1.807) is 30.3 Å². The summed E-state index contributed by atoms with van der Waals surface area (Å²) >= 11 is 0. The Morgan fingerprint density at radius 3 is 1.58 bits per heavy atom. The second kappa shape index (κ2) is 10.2. The van der Waals surface area contributed by atoms with Crippen LogP contribution >= 0.6 is 0 Å². The Hall–Kier alpha value is -3.63. The third kappa shape index (κ3) is 4.61. The van der Waals surface area contributed by atoms with Crippen LogP contribution in [0.25, 0.3) is 21.9 Å². The maximum atomic E-state index is 13.4. The molecule has 0 bridgehead atoms. The molecule has 0 spiro atoms. The number of sulfone groups is 1. The molecule has 10 heteroatoms. The lowest BCUT2D eigenvalue weighted by Crippen LogP contribution is -2.26. The molecule has 0 amide bonds. The molecule has 0 fully saturated rings. The highest BCUT2D eigenvalue weighted by Gasteiger charge is 2.28. The number of hydrogen-bond donors (Lipinski definition) is 1. The first-order chi connectivity index (χ1) is 17.2. The van der Waals surface area contributed by atoms with Crippen LogP contribution in [0.4, 0.5) is 11.4 Å². The Morgan fingerprint density at radius 1 is 0.722 bits per heavy atom. The van der Waals surface area contributed by atoms with Crippen molar-refractivity contribution in [1.82, 2.24) is 0 Å². The number of aliphatic hydroxyl groups excluding tert-OH is 1. The van der Waals surface area contributed by atoms with Gasteiger partial charge in [-0.25, -0.2) is 18.0 Å². The Kier molecular flexibility index (Phi) is 7.18. The van der Waals surface area contributed by atoms with E-state index >= 15 is 0 Å². The van der Waals surface area contributed by atoms with Gasteiger partial charge < -0.3 is 23.7 Å². The number of aliphatic hydroxyl groups is 1. The minimum atomic E-state index is -4.53. The molecule has 0 saturated heterocycles. The molecule has 9 nitrogen and oxygen atoms in total. The van der Waals surface area contributed by atoms with Crippen LogP contribution < -0.4 is 21.1 Å². The lowest BCUT2D eigenvalue weighted by Gasteiger charge is -2.22. The molecule has 0 radical (unpaired) electrons. The lowest BCUT2D eigenvalue weighted by molar-refractivity contribution is 0.302. The van der Waals surface area contributed by atoms with E-state index < -0.39 is 30.9 Å². The summed E-state index contributed by atoms with van der Waals surface area (Å²) in [6.45, 7) is 8.42. The van der Waals surface area contributed by atoms with Crippen molar-refractivity contribution in [3.05, 3.63) is 69.4 Å². The van der Waals surface area contributed by atoms with Crippen LogP contribution in [-0.2, 0) is 9.84 Å². The van der Waals surface area contributed by atoms with Crippen LogP contribution in [0.2, 0.25) is 0 Å². The molecule has 2 aromatic carbocycles. The Morgan fingerprint density at radius 2 is 1.17 bits per heavy atom. The first-order valence-electron chi connectivity index (χ1n) is 11.7. The molecule has 0 aliphatic heterocycles.